The minimum atomic E-state index is -3.12. The zero-order valence-corrected chi connectivity index (χ0v) is 13.3. The average Bonchev–Trinajstić information content (AvgIpc) is 2.85. The van der Waals surface area contributed by atoms with Gasteiger partial charge in [0, 0.05) is 23.5 Å². The van der Waals surface area contributed by atoms with Crippen LogP contribution in [0.1, 0.15) is 35.7 Å². The van der Waals surface area contributed by atoms with Crippen LogP contribution in [0.25, 0.3) is 0 Å². The predicted octanol–water partition coefficient (Wildman–Crippen LogP) is 1.70. The molecule has 3 rings (SSSR count). The van der Waals surface area contributed by atoms with Gasteiger partial charge in [-0.05, 0) is 36.3 Å². The zero-order valence-electron chi connectivity index (χ0n) is 11.7. The maximum Gasteiger partial charge on any atom is 0.304 e. The molecule has 2 aliphatic rings. The molecular formula is C14H19NO4S2. The Hall–Kier alpha value is -0.920. The number of aliphatic carboxylic acids is 1. The fourth-order valence-corrected chi connectivity index (χ4v) is 6.03. The minimum absolute atomic E-state index is 0.0325. The van der Waals surface area contributed by atoms with E-state index in [-0.39, 0.29) is 24.0 Å². The Bertz CT molecular complexity index is 637. The first kappa shape index (κ1) is 15.0. The van der Waals surface area contributed by atoms with Gasteiger partial charge in [-0.15, -0.1) is 11.3 Å². The third kappa shape index (κ3) is 3.14. The van der Waals surface area contributed by atoms with Gasteiger partial charge in [0.05, 0.1) is 17.9 Å². The quantitative estimate of drug-likeness (QED) is 0.913. The number of aryl methyl sites for hydroxylation is 1. The van der Waals surface area contributed by atoms with Crippen LogP contribution < -0.4 is 0 Å². The second-order valence-corrected chi connectivity index (χ2v) is 9.04. The highest BCUT2D eigenvalue weighted by Crippen LogP contribution is 2.39. The first-order valence-electron chi connectivity index (χ1n) is 7.20. The van der Waals surface area contributed by atoms with E-state index in [9.17, 15) is 13.2 Å². The molecule has 0 radical (unpaired) electrons. The van der Waals surface area contributed by atoms with Gasteiger partial charge in [0.15, 0.2) is 9.84 Å². The summed E-state index contributed by atoms with van der Waals surface area (Å²) in [7, 11) is -3.12. The Morgan fingerprint density at radius 1 is 1.48 bits per heavy atom. The minimum Gasteiger partial charge on any atom is -0.481 e. The summed E-state index contributed by atoms with van der Waals surface area (Å²) >= 11 is 1.75. The molecule has 2 heterocycles. The Kier molecular flexibility index (Phi) is 4.07. The molecule has 1 N–H and O–H groups in total. The number of sulfone groups is 1. The van der Waals surface area contributed by atoms with Crippen LogP contribution in [-0.4, -0.2) is 48.5 Å². The lowest BCUT2D eigenvalue weighted by molar-refractivity contribution is -0.138. The molecule has 7 heteroatoms. The van der Waals surface area contributed by atoms with E-state index >= 15 is 0 Å². The number of carboxylic acids is 1. The van der Waals surface area contributed by atoms with Crippen LogP contribution in [0.2, 0.25) is 0 Å². The fraction of sp³-hybridized carbons (Fsp3) is 0.643. The van der Waals surface area contributed by atoms with Crippen LogP contribution in [0, 0.1) is 0 Å². The number of nitrogens with zero attached hydrogens (tertiary/aromatic N) is 1. The summed E-state index contributed by atoms with van der Waals surface area (Å²) in [6, 6.07) is 1.89. The standard InChI is InChI=1S/C14H19NO4S2/c16-14(17)8-10-9-21(18,19)7-5-15(10)12-2-1-3-13-11(12)4-6-20-13/h4,6,10,12H,1-3,5,7-9H2,(H,16,17). The Labute approximate surface area is 128 Å². The Morgan fingerprint density at radius 3 is 3.05 bits per heavy atom. The van der Waals surface area contributed by atoms with E-state index in [4.69, 9.17) is 5.11 Å². The first-order valence-corrected chi connectivity index (χ1v) is 9.90. The van der Waals surface area contributed by atoms with Crippen LogP contribution in [0.3, 0.4) is 0 Å². The van der Waals surface area contributed by atoms with E-state index < -0.39 is 21.8 Å². The molecule has 0 spiro atoms. The van der Waals surface area contributed by atoms with E-state index in [0.717, 1.165) is 19.3 Å². The van der Waals surface area contributed by atoms with E-state index in [0.29, 0.717) is 6.54 Å². The second kappa shape index (κ2) is 5.70. The molecule has 0 amide bonds. The van der Waals surface area contributed by atoms with Crippen LogP contribution in [0.4, 0.5) is 0 Å². The van der Waals surface area contributed by atoms with Crippen molar-refractivity contribution in [3.8, 4) is 0 Å². The summed E-state index contributed by atoms with van der Waals surface area (Å²) in [6.45, 7) is 0.445. The van der Waals surface area contributed by atoms with Gasteiger partial charge in [0.1, 0.15) is 0 Å². The average molecular weight is 329 g/mol. The molecule has 5 nitrogen and oxygen atoms in total. The molecule has 2 unspecified atom stereocenters. The van der Waals surface area contributed by atoms with Crippen molar-refractivity contribution < 1.29 is 18.3 Å². The van der Waals surface area contributed by atoms with Gasteiger partial charge >= 0.3 is 5.97 Å². The predicted molar refractivity (Wildman–Crippen MR) is 81.4 cm³/mol. The SMILES string of the molecule is O=C(O)CC1CS(=O)(=O)CCN1C1CCCc2sccc21. The molecule has 0 aromatic carbocycles. The number of fused-ring (bicyclic) bond motifs is 1. The van der Waals surface area contributed by atoms with Crippen LogP contribution in [0.15, 0.2) is 11.4 Å². The largest absolute Gasteiger partial charge is 0.481 e. The number of hydrogen-bond acceptors (Lipinski definition) is 5. The van der Waals surface area contributed by atoms with E-state index in [1.54, 1.807) is 11.3 Å². The van der Waals surface area contributed by atoms with E-state index in [1.807, 2.05) is 0 Å². The summed E-state index contributed by atoms with van der Waals surface area (Å²) < 4.78 is 23.7. The van der Waals surface area contributed by atoms with Crippen molar-refractivity contribution >= 4 is 27.1 Å². The molecule has 0 saturated carbocycles. The van der Waals surface area contributed by atoms with Gasteiger partial charge in [0.2, 0.25) is 0 Å². The number of thiophene rings is 1. The van der Waals surface area contributed by atoms with Gasteiger partial charge in [0.25, 0.3) is 0 Å². The molecule has 1 aliphatic carbocycles. The van der Waals surface area contributed by atoms with Gasteiger partial charge in [-0.25, -0.2) is 8.42 Å². The van der Waals surface area contributed by atoms with Gasteiger partial charge in [-0.1, -0.05) is 0 Å². The summed E-state index contributed by atoms with van der Waals surface area (Å²) in [6.07, 6.45) is 3.05. The fourth-order valence-electron chi connectivity index (χ4n) is 3.49. The van der Waals surface area contributed by atoms with Crippen molar-refractivity contribution in [1.29, 1.82) is 0 Å². The lowest BCUT2D eigenvalue weighted by Gasteiger charge is -2.42. The Balaban J connectivity index is 1.88. The number of hydrogen-bond donors (Lipinski definition) is 1. The smallest absolute Gasteiger partial charge is 0.304 e. The lowest BCUT2D eigenvalue weighted by atomic mass is 9.91. The molecule has 1 aromatic heterocycles. The number of carboxylic acid groups (broad SMARTS) is 1. The van der Waals surface area contributed by atoms with Gasteiger partial charge in [-0.3, -0.25) is 9.69 Å². The summed E-state index contributed by atoms with van der Waals surface area (Å²) in [4.78, 5) is 14.6. The molecular weight excluding hydrogens is 310 g/mol. The highest BCUT2D eigenvalue weighted by atomic mass is 32.2. The van der Waals surface area contributed by atoms with Crippen molar-refractivity contribution in [1.82, 2.24) is 4.90 Å². The molecule has 0 bridgehead atoms. The molecule has 1 fully saturated rings. The first-order chi connectivity index (χ1) is 9.96. The highest BCUT2D eigenvalue weighted by molar-refractivity contribution is 7.91. The summed E-state index contributed by atoms with van der Waals surface area (Å²) in [5, 5.41) is 11.2. The van der Waals surface area contributed by atoms with Crippen LogP contribution in [-0.2, 0) is 21.1 Å². The van der Waals surface area contributed by atoms with Crippen molar-refractivity contribution in [2.45, 2.75) is 37.8 Å². The van der Waals surface area contributed by atoms with E-state index in [1.165, 1.54) is 10.4 Å². The molecule has 21 heavy (non-hydrogen) atoms. The summed E-state index contributed by atoms with van der Waals surface area (Å²) in [5.74, 6) is -0.822. The van der Waals surface area contributed by atoms with Crippen LogP contribution >= 0.6 is 11.3 Å². The van der Waals surface area contributed by atoms with Gasteiger partial charge in [-0.2, -0.15) is 0 Å². The maximum atomic E-state index is 11.8. The maximum absolute atomic E-state index is 11.8. The molecule has 1 aromatic rings. The zero-order chi connectivity index (χ0) is 15.0. The Morgan fingerprint density at radius 2 is 2.29 bits per heavy atom. The molecule has 1 saturated heterocycles. The number of carbonyl (C=O) groups is 1. The van der Waals surface area contributed by atoms with Gasteiger partial charge < -0.3 is 5.11 Å². The summed E-state index contributed by atoms with van der Waals surface area (Å²) in [5.41, 5.74) is 1.28. The third-order valence-electron chi connectivity index (χ3n) is 4.41. The van der Waals surface area contributed by atoms with E-state index in [2.05, 4.69) is 16.3 Å². The lowest BCUT2D eigenvalue weighted by Crippen LogP contribution is -2.51. The highest BCUT2D eigenvalue weighted by Gasteiger charge is 2.38. The normalized spacial score (nSPS) is 29.0. The molecule has 116 valence electrons. The third-order valence-corrected chi connectivity index (χ3v) is 7.10. The molecule has 1 aliphatic heterocycles. The van der Waals surface area contributed by atoms with Crippen molar-refractivity contribution in [3.05, 3.63) is 21.9 Å². The van der Waals surface area contributed by atoms with Crippen molar-refractivity contribution in [2.24, 2.45) is 0 Å². The monoisotopic (exact) mass is 329 g/mol. The second-order valence-electron chi connectivity index (χ2n) is 5.81. The van der Waals surface area contributed by atoms with Crippen LogP contribution in [0.5, 0.6) is 0 Å². The van der Waals surface area contributed by atoms with Crippen molar-refractivity contribution in [2.75, 3.05) is 18.1 Å². The van der Waals surface area contributed by atoms with Crippen molar-refractivity contribution in [3.63, 3.8) is 0 Å². The topological polar surface area (TPSA) is 74.7 Å². The molecule has 2 atom stereocenters. The number of rotatable bonds is 3.